The number of aliphatic imine (C=N–C) groups is 1. The van der Waals surface area contributed by atoms with Gasteiger partial charge in [0.05, 0.1) is 12.7 Å². The molecule has 1 fully saturated rings. The highest BCUT2D eigenvalue weighted by Gasteiger charge is 2.17. The number of guanidine groups is 1. The summed E-state index contributed by atoms with van der Waals surface area (Å²) >= 11 is 0. The summed E-state index contributed by atoms with van der Waals surface area (Å²) in [5, 5.41) is 6.86. The fourth-order valence-electron chi connectivity index (χ4n) is 3.25. The summed E-state index contributed by atoms with van der Waals surface area (Å²) in [6, 6.07) is 4.65. The van der Waals surface area contributed by atoms with E-state index in [9.17, 15) is 0 Å². The van der Waals surface area contributed by atoms with Crippen molar-refractivity contribution >= 4 is 11.8 Å². The first-order valence-electron chi connectivity index (χ1n) is 10.3. The van der Waals surface area contributed by atoms with Gasteiger partial charge in [-0.3, -0.25) is 4.99 Å². The van der Waals surface area contributed by atoms with Crippen molar-refractivity contribution in [1.82, 2.24) is 15.6 Å². The second-order valence-electron chi connectivity index (χ2n) is 7.95. The van der Waals surface area contributed by atoms with Gasteiger partial charge < -0.3 is 20.3 Å². The highest BCUT2D eigenvalue weighted by atomic mass is 16.5. The summed E-state index contributed by atoms with van der Waals surface area (Å²) < 4.78 is 5.60. The number of hydrogen-bond acceptors (Lipinski definition) is 4. The van der Waals surface area contributed by atoms with E-state index in [1.807, 2.05) is 13.2 Å². The molecule has 1 aliphatic rings. The van der Waals surface area contributed by atoms with Gasteiger partial charge in [0.25, 0.3) is 0 Å². The normalized spacial score (nSPS) is 19.3. The fraction of sp³-hybridized carbons (Fsp3) is 0.714. The number of morpholine rings is 1. The molecule has 1 aromatic rings. The van der Waals surface area contributed by atoms with E-state index >= 15 is 0 Å². The zero-order valence-electron chi connectivity index (χ0n) is 17.7. The van der Waals surface area contributed by atoms with E-state index in [4.69, 9.17) is 4.74 Å². The Bertz CT molecular complexity index is 572. The van der Waals surface area contributed by atoms with Crippen molar-refractivity contribution in [1.29, 1.82) is 0 Å². The van der Waals surface area contributed by atoms with Crippen LogP contribution < -0.4 is 15.5 Å². The van der Waals surface area contributed by atoms with E-state index in [2.05, 4.69) is 65.3 Å². The maximum Gasteiger partial charge on any atom is 0.191 e. The molecule has 2 atom stereocenters. The van der Waals surface area contributed by atoms with Gasteiger partial charge in [-0.2, -0.15) is 0 Å². The minimum atomic E-state index is 0.263. The van der Waals surface area contributed by atoms with E-state index < -0.39 is 0 Å². The van der Waals surface area contributed by atoms with Crippen molar-refractivity contribution in [2.45, 2.75) is 65.6 Å². The number of ether oxygens (including phenoxy) is 1. The Morgan fingerprint density at radius 1 is 1.33 bits per heavy atom. The number of hydrogen-bond donors (Lipinski definition) is 2. The largest absolute Gasteiger partial charge is 0.375 e. The number of anilines is 1. The van der Waals surface area contributed by atoms with Crippen molar-refractivity contribution in [3.63, 3.8) is 0 Å². The summed E-state index contributed by atoms with van der Waals surface area (Å²) in [7, 11) is 1.82. The molecule has 152 valence electrons. The molecule has 6 nitrogen and oxygen atoms in total. The molecule has 0 bridgehead atoms. The van der Waals surface area contributed by atoms with Crippen LogP contribution in [0, 0.1) is 5.92 Å². The summed E-state index contributed by atoms with van der Waals surface area (Å²) in [6.07, 6.45) is 5.89. The van der Waals surface area contributed by atoms with Crippen LogP contribution >= 0.6 is 0 Å². The molecular weight excluding hydrogens is 338 g/mol. The summed E-state index contributed by atoms with van der Waals surface area (Å²) in [5.74, 6) is 2.64. The third-order valence-electron chi connectivity index (χ3n) is 4.86. The third-order valence-corrected chi connectivity index (χ3v) is 4.86. The molecule has 27 heavy (non-hydrogen) atoms. The van der Waals surface area contributed by atoms with Crippen LogP contribution in [0.3, 0.4) is 0 Å². The molecule has 0 spiro atoms. The standard InChI is InChI=1S/C21H37N5O/c1-16(2)7-6-8-17(3)25-21(22-5)24-14-19-9-10-20(23-13-19)26-11-12-27-18(4)15-26/h9-10,13,16-18H,6-8,11-12,14-15H2,1-5H3,(H2,22,24,25). The lowest BCUT2D eigenvalue weighted by Crippen LogP contribution is -2.42. The van der Waals surface area contributed by atoms with E-state index in [0.29, 0.717) is 12.6 Å². The van der Waals surface area contributed by atoms with Gasteiger partial charge in [0.1, 0.15) is 5.82 Å². The van der Waals surface area contributed by atoms with Gasteiger partial charge in [-0.25, -0.2) is 4.98 Å². The topological polar surface area (TPSA) is 61.8 Å². The predicted molar refractivity (Wildman–Crippen MR) is 113 cm³/mol. The van der Waals surface area contributed by atoms with Gasteiger partial charge in [-0.1, -0.05) is 32.8 Å². The van der Waals surface area contributed by atoms with Crippen molar-refractivity contribution in [2.24, 2.45) is 10.9 Å². The van der Waals surface area contributed by atoms with Crippen LogP contribution in [0.25, 0.3) is 0 Å². The lowest BCUT2D eigenvalue weighted by atomic mass is 10.0. The Labute approximate surface area is 164 Å². The molecule has 1 aromatic heterocycles. The second kappa shape index (κ2) is 11.1. The molecule has 1 saturated heterocycles. The van der Waals surface area contributed by atoms with Crippen LogP contribution in [-0.4, -0.2) is 49.8 Å². The van der Waals surface area contributed by atoms with Crippen molar-refractivity contribution in [2.75, 3.05) is 31.6 Å². The maximum absolute atomic E-state index is 5.60. The van der Waals surface area contributed by atoms with Crippen LogP contribution in [-0.2, 0) is 11.3 Å². The Balaban J connectivity index is 1.77. The maximum atomic E-state index is 5.60. The van der Waals surface area contributed by atoms with Crippen LogP contribution in [0.2, 0.25) is 0 Å². The highest BCUT2D eigenvalue weighted by molar-refractivity contribution is 5.79. The molecule has 0 radical (unpaired) electrons. The first kappa shape index (κ1) is 21.5. The Kier molecular flexibility index (Phi) is 8.85. The molecule has 1 aliphatic heterocycles. The van der Waals surface area contributed by atoms with Gasteiger partial charge in [-0.15, -0.1) is 0 Å². The first-order chi connectivity index (χ1) is 13.0. The molecule has 2 N–H and O–H groups in total. The number of pyridine rings is 1. The first-order valence-corrected chi connectivity index (χ1v) is 10.3. The minimum Gasteiger partial charge on any atom is -0.375 e. The lowest BCUT2D eigenvalue weighted by molar-refractivity contribution is 0.0529. The SMILES string of the molecule is CN=C(NCc1ccc(N2CCOC(C)C2)nc1)NC(C)CCCC(C)C. The fourth-order valence-corrected chi connectivity index (χ4v) is 3.25. The van der Waals surface area contributed by atoms with Crippen LogP contribution in [0.1, 0.15) is 52.5 Å². The highest BCUT2D eigenvalue weighted by Crippen LogP contribution is 2.15. The molecule has 6 heteroatoms. The number of nitrogens with one attached hydrogen (secondary N) is 2. The average molecular weight is 376 g/mol. The van der Waals surface area contributed by atoms with E-state index in [1.54, 1.807) is 0 Å². The van der Waals surface area contributed by atoms with Crippen molar-refractivity contribution < 1.29 is 4.74 Å². The number of aromatic nitrogens is 1. The molecule has 2 heterocycles. The Hall–Kier alpha value is -1.82. The molecular formula is C21H37N5O. The van der Waals surface area contributed by atoms with Gasteiger partial charge in [-0.05, 0) is 37.8 Å². The van der Waals surface area contributed by atoms with E-state index in [1.165, 1.54) is 12.8 Å². The van der Waals surface area contributed by atoms with Gasteiger partial charge in [0, 0.05) is 38.9 Å². The van der Waals surface area contributed by atoms with Crippen molar-refractivity contribution in [3.8, 4) is 0 Å². The smallest absolute Gasteiger partial charge is 0.191 e. The number of rotatable bonds is 8. The average Bonchev–Trinajstić information content (AvgIpc) is 2.65. The van der Waals surface area contributed by atoms with Crippen LogP contribution in [0.5, 0.6) is 0 Å². The van der Waals surface area contributed by atoms with E-state index in [0.717, 1.165) is 49.4 Å². The lowest BCUT2D eigenvalue weighted by Gasteiger charge is -2.32. The zero-order valence-corrected chi connectivity index (χ0v) is 17.7. The number of nitrogens with zero attached hydrogens (tertiary/aromatic N) is 3. The second-order valence-corrected chi connectivity index (χ2v) is 7.95. The molecule has 0 aliphatic carbocycles. The molecule has 0 amide bonds. The molecule has 0 aromatic carbocycles. The predicted octanol–water partition coefficient (Wildman–Crippen LogP) is 3.19. The van der Waals surface area contributed by atoms with Gasteiger partial charge in [0.2, 0.25) is 0 Å². The third kappa shape index (κ3) is 7.75. The van der Waals surface area contributed by atoms with Gasteiger partial charge >= 0.3 is 0 Å². The van der Waals surface area contributed by atoms with Gasteiger partial charge in [0.15, 0.2) is 5.96 Å². The Morgan fingerprint density at radius 3 is 2.78 bits per heavy atom. The summed E-state index contributed by atoms with van der Waals surface area (Å²) in [5.41, 5.74) is 1.15. The van der Waals surface area contributed by atoms with Crippen molar-refractivity contribution in [3.05, 3.63) is 23.9 Å². The monoisotopic (exact) mass is 375 g/mol. The minimum absolute atomic E-state index is 0.263. The molecule has 2 rings (SSSR count). The quantitative estimate of drug-likeness (QED) is 0.540. The molecule has 0 saturated carbocycles. The molecule has 2 unspecified atom stereocenters. The summed E-state index contributed by atoms with van der Waals surface area (Å²) in [4.78, 5) is 11.2. The summed E-state index contributed by atoms with van der Waals surface area (Å²) in [6.45, 7) is 12.2. The van der Waals surface area contributed by atoms with Crippen LogP contribution in [0.15, 0.2) is 23.3 Å². The Morgan fingerprint density at radius 2 is 2.15 bits per heavy atom. The van der Waals surface area contributed by atoms with E-state index in [-0.39, 0.29) is 6.10 Å². The zero-order chi connectivity index (χ0) is 19.6. The van der Waals surface area contributed by atoms with Crippen LogP contribution in [0.4, 0.5) is 5.82 Å².